The molecule has 1 saturated carbocycles. The van der Waals surface area contributed by atoms with Crippen LogP contribution in [0.1, 0.15) is 19.3 Å². The summed E-state index contributed by atoms with van der Waals surface area (Å²) in [6, 6.07) is 6.41. The van der Waals surface area contributed by atoms with Gasteiger partial charge in [-0.25, -0.2) is 0 Å². The molecular weight excluding hydrogens is 250 g/mol. The maximum absolute atomic E-state index is 6.04. The van der Waals surface area contributed by atoms with Crippen molar-refractivity contribution >= 4 is 22.1 Å². The van der Waals surface area contributed by atoms with Gasteiger partial charge in [-0.1, -0.05) is 0 Å². The van der Waals surface area contributed by atoms with Gasteiger partial charge < -0.3 is 15.8 Å². The molecule has 1 aliphatic carbocycles. The SMILES string of the molecule is Nc1ccc(NC2CCOC2C2CC2)c2cnccc12. The number of anilines is 2. The highest BCUT2D eigenvalue weighted by molar-refractivity contribution is 6.00. The van der Waals surface area contributed by atoms with E-state index in [1.54, 1.807) is 6.20 Å². The third kappa shape index (κ3) is 2.00. The van der Waals surface area contributed by atoms with Crippen LogP contribution in [0.5, 0.6) is 0 Å². The van der Waals surface area contributed by atoms with Gasteiger partial charge in [0.2, 0.25) is 0 Å². The average Bonchev–Trinajstić information content (AvgIpc) is 3.22. The Hall–Kier alpha value is -1.81. The average molecular weight is 269 g/mol. The molecule has 2 aromatic rings. The number of nitrogens with zero attached hydrogens (tertiary/aromatic N) is 1. The van der Waals surface area contributed by atoms with Crippen molar-refractivity contribution in [1.82, 2.24) is 4.98 Å². The Balaban J connectivity index is 1.67. The van der Waals surface area contributed by atoms with Gasteiger partial charge in [0.1, 0.15) is 0 Å². The standard InChI is InChI=1S/C16H19N3O/c17-13-3-4-14(12-9-18-7-5-11(12)13)19-15-6-8-20-16(15)10-1-2-10/h3-5,7,9-10,15-16,19H,1-2,6,8,17H2. The minimum Gasteiger partial charge on any atom is -0.398 e. The number of benzene rings is 1. The first-order valence-electron chi connectivity index (χ1n) is 7.33. The number of nitrogens with two attached hydrogens (primary N) is 1. The summed E-state index contributed by atoms with van der Waals surface area (Å²) < 4.78 is 5.89. The van der Waals surface area contributed by atoms with Crippen molar-refractivity contribution in [3.8, 4) is 0 Å². The van der Waals surface area contributed by atoms with Crippen molar-refractivity contribution in [2.75, 3.05) is 17.7 Å². The molecule has 2 heterocycles. The molecule has 4 heteroatoms. The Labute approximate surface area is 118 Å². The molecule has 0 amide bonds. The summed E-state index contributed by atoms with van der Waals surface area (Å²) in [6.07, 6.45) is 7.75. The van der Waals surface area contributed by atoms with E-state index in [1.165, 1.54) is 12.8 Å². The Bertz CT molecular complexity index is 639. The highest BCUT2D eigenvalue weighted by Gasteiger charge is 2.40. The molecule has 2 fully saturated rings. The molecule has 1 aromatic heterocycles. The summed E-state index contributed by atoms with van der Waals surface area (Å²) >= 11 is 0. The van der Waals surface area contributed by atoms with Crippen LogP contribution in [-0.4, -0.2) is 23.7 Å². The molecule has 0 radical (unpaired) electrons. The normalized spacial score (nSPS) is 26.0. The summed E-state index contributed by atoms with van der Waals surface area (Å²) in [5, 5.41) is 5.82. The van der Waals surface area contributed by atoms with Crippen molar-refractivity contribution in [3.05, 3.63) is 30.6 Å². The number of rotatable bonds is 3. The number of hydrogen-bond donors (Lipinski definition) is 2. The van der Waals surface area contributed by atoms with E-state index in [0.29, 0.717) is 12.1 Å². The molecule has 1 aliphatic heterocycles. The van der Waals surface area contributed by atoms with Gasteiger partial charge in [0.05, 0.1) is 12.1 Å². The molecule has 1 saturated heterocycles. The molecule has 104 valence electrons. The fraction of sp³-hybridized carbons (Fsp3) is 0.438. The van der Waals surface area contributed by atoms with E-state index in [-0.39, 0.29) is 0 Å². The number of hydrogen-bond acceptors (Lipinski definition) is 4. The van der Waals surface area contributed by atoms with E-state index in [2.05, 4.69) is 16.4 Å². The van der Waals surface area contributed by atoms with Gasteiger partial charge in [-0.05, 0) is 43.4 Å². The smallest absolute Gasteiger partial charge is 0.0804 e. The van der Waals surface area contributed by atoms with Crippen molar-refractivity contribution in [2.45, 2.75) is 31.4 Å². The summed E-state index contributed by atoms with van der Waals surface area (Å²) in [4.78, 5) is 4.23. The molecule has 0 spiro atoms. The number of nitrogen functional groups attached to an aromatic ring is 1. The topological polar surface area (TPSA) is 60.2 Å². The van der Waals surface area contributed by atoms with Crippen LogP contribution in [0.4, 0.5) is 11.4 Å². The Morgan fingerprint density at radius 2 is 2.05 bits per heavy atom. The summed E-state index contributed by atoms with van der Waals surface area (Å²) in [6.45, 7) is 0.865. The van der Waals surface area contributed by atoms with E-state index in [4.69, 9.17) is 10.5 Å². The second-order valence-electron chi connectivity index (χ2n) is 5.84. The summed E-state index contributed by atoms with van der Waals surface area (Å²) in [5.74, 6) is 0.758. The fourth-order valence-electron chi connectivity index (χ4n) is 3.19. The largest absolute Gasteiger partial charge is 0.398 e. The van der Waals surface area contributed by atoms with Gasteiger partial charge >= 0.3 is 0 Å². The lowest BCUT2D eigenvalue weighted by Gasteiger charge is -2.21. The van der Waals surface area contributed by atoms with E-state index < -0.39 is 0 Å². The zero-order chi connectivity index (χ0) is 13.5. The van der Waals surface area contributed by atoms with Gasteiger partial charge in [-0.15, -0.1) is 0 Å². The molecule has 4 nitrogen and oxygen atoms in total. The molecule has 2 aliphatic rings. The number of nitrogens with one attached hydrogen (secondary N) is 1. The second kappa shape index (κ2) is 4.63. The Kier molecular flexibility index (Phi) is 2.77. The first-order valence-corrected chi connectivity index (χ1v) is 7.33. The highest BCUT2D eigenvalue weighted by atomic mass is 16.5. The van der Waals surface area contributed by atoms with E-state index in [9.17, 15) is 0 Å². The molecule has 1 aromatic carbocycles. The molecular formula is C16H19N3O. The van der Waals surface area contributed by atoms with Gasteiger partial charge in [-0.2, -0.15) is 0 Å². The van der Waals surface area contributed by atoms with Crippen molar-refractivity contribution in [1.29, 1.82) is 0 Å². The first kappa shape index (κ1) is 12.0. The lowest BCUT2D eigenvalue weighted by Crippen LogP contribution is -2.31. The van der Waals surface area contributed by atoms with E-state index >= 15 is 0 Å². The third-order valence-corrected chi connectivity index (χ3v) is 4.42. The van der Waals surface area contributed by atoms with Crippen molar-refractivity contribution in [3.63, 3.8) is 0 Å². The summed E-state index contributed by atoms with van der Waals surface area (Å²) in [5.41, 5.74) is 7.95. The predicted molar refractivity (Wildman–Crippen MR) is 80.6 cm³/mol. The Morgan fingerprint density at radius 3 is 2.90 bits per heavy atom. The number of aromatic nitrogens is 1. The van der Waals surface area contributed by atoms with Gasteiger partial charge in [-0.3, -0.25) is 4.98 Å². The maximum atomic E-state index is 6.04. The lowest BCUT2D eigenvalue weighted by atomic mass is 10.0. The van der Waals surface area contributed by atoms with Gasteiger partial charge in [0.15, 0.2) is 0 Å². The predicted octanol–water partition coefficient (Wildman–Crippen LogP) is 2.80. The fourth-order valence-corrected chi connectivity index (χ4v) is 3.19. The molecule has 3 N–H and O–H groups in total. The minimum absolute atomic E-state index is 0.374. The van der Waals surface area contributed by atoms with Crippen molar-refractivity contribution in [2.24, 2.45) is 5.92 Å². The third-order valence-electron chi connectivity index (χ3n) is 4.42. The molecule has 2 unspecified atom stereocenters. The zero-order valence-corrected chi connectivity index (χ0v) is 11.4. The lowest BCUT2D eigenvalue weighted by molar-refractivity contribution is 0.0899. The highest BCUT2D eigenvalue weighted by Crippen LogP contribution is 2.40. The van der Waals surface area contributed by atoms with E-state index in [1.807, 2.05) is 18.3 Å². The van der Waals surface area contributed by atoms with Crippen LogP contribution in [0.25, 0.3) is 10.8 Å². The van der Waals surface area contributed by atoms with Gasteiger partial charge in [0.25, 0.3) is 0 Å². The van der Waals surface area contributed by atoms with Gasteiger partial charge in [0, 0.05) is 41.1 Å². The number of fused-ring (bicyclic) bond motifs is 1. The zero-order valence-electron chi connectivity index (χ0n) is 11.4. The van der Waals surface area contributed by atoms with Crippen LogP contribution < -0.4 is 11.1 Å². The van der Waals surface area contributed by atoms with Crippen molar-refractivity contribution < 1.29 is 4.74 Å². The number of ether oxygens (including phenoxy) is 1. The molecule has 4 rings (SSSR count). The second-order valence-corrected chi connectivity index (χ2v) is 5.84. The molecule has 20 heavy (non-hydrogen) atoms. The maximum Gasteiger partial charge on any atom is 0.0804 e. The quantitative estimate of drug-likeness (QED) is 0.841. The van der Waals surface area contributed by atoms with Crippen LogP contribution in [-0.2, 0) is 4.74 Å². The van der Waals surface area contributed by atoms with Crippen LogP contribution >= 0.6 is 0 Å². The van der Waals surface area contributed by atoms with Crippen LogP contribution in [0.15, 0.2) is 30.6 Å². The number of pyridine rings is 1. The monoisotopic (exact) mass is 269 g/mol. The summed E-state index contributed by atoms with van der Waals surface area (Å²) in [7, 11) is 0. The van der Waals surface area contributed by atoms with Crippen LogP contribution in [0, 0.1) is 5.92 Å². The Morgan fingerprint density at radius 1 is 1.15 bits per heavy atom. The van der Waals surface area contributed by atoms with Crippen LogP contribution in [0.2, 0.25) is 0 Å². The molecule has 2 atom stereocenters. The first-order chi connectivity index (χ1) is 9.83. The van der Waals surface area contributed by atoms with Crippen LogP contribution in [0.3, 0.4) is 0 Å². The molecule has 0 bridgehead atoms. The minimum atomic E-state index is 0.374. The van der Waals surface area contributed by atoms with E-state index in [0.717, 1.165) is 41.1 Å².